The Kier molecular flexibility index (Phi) is 6.06. The molecule has 0 atom stereocenters. The molecule has 10 heteroatoms. The normalized spacial score (nSPS) is 11.6. The van der Waals surface area contributed by atoms with E-state index in [0.717, 1.165) is 10.4 Å². The number of thiophene rings is 1. The molecule has 0 aliphatic rings. The van der Waals surface area contributed by atoms with Gasteiger partial charge in [-0.25, -0.2) is 19.7 Å². The first-order valence-electron chi connectivity index (χ1n) is 9.59. The lowest BCUT2D eigenvalue weighted by molar-refractivity contribution is -0.123. The predicted molar refractivity (Wildman–Crippen MR) is 117 cm³/mol. The summed E-state index contributed by atoms with van der Waals surface area (Å²) in [5.74, 6) is -0.257. The number of ether oxygens (including phenoxy) is 1. The average Bonchev–Trinajstić information content (AvgIpc) is 3.20. The van der Waals surface area contributed by atoms with Gasteiger partial charge in [0, 0.05) is 16.8 Å². The first-order chi connectivity index (χ1) is 14.1. The van der Waals surface area contributed by atoms with Crippen LogP contribution in [0.1, 0.15) is 48.0 Å². The van der Waals surface area contributed by atoms with E-state index < -0.39 is 11.4 Å². The summed E-state index contributed by atoms with van der Waals surface area (Å²) >= 11 is 1.38. The largest absolute Gasteiger partial charge is 0.462 e. The van der Waals surface area contributed by atoms with E-state index in [-0.39, 0.29) is 12.5 Å². The number of nitrogen functional groups attached to an aromatic ring is 1. The Labute approximate surface area is 178 Å². The third-order valence-electron chi connectivity index (χ3n) is 4.70. The van der Waals surface area contributed by atoms with Crippen molar-refractivity contribution in [2.24, 2.45) is 5.41 Å². The lowest BCUT2D eigenvalue weighted by Gasteiger charge is -2.17. The van der Waals surface area contributed by atoms with Gasteiger partial charge < -0.3 is 20.4 Å². The number of nitrogens with zero attached hydrogens (tertiary/aromatic N) is 4. The molecule has 0 unspecified atom stereocenters. The summed E-state index contributed by atoms with van der Waals surface area (Å²) in [4.78, 5) is 38.4. The van der Waals surface area contributed by atoms with E-state index in [1.807, 2.05) is 39.2 Å². The molecule has 0 aliphatic carbocycles. The third-order valence-corrected chi connectivity index (χ3v) is 5.83. The molecule has 3 N–H and O–H groups in total. The van der Waals surface area contributed by atoms with Gasteiger partial charge in [0.25, 0.3) is 0 Å². The van der Waals surface area contributed by atoms with E-state index in [1.165, 1.54) is 17.7 Å². The smallest absolute Gasteiger partial charge is 0.341 e. The number of nitrogens with one attached hydrogen (secondary N) is 1. The van der Waals surface area contributed by atoms with Crippen molar-refractivity contribution < 1.29 is 14.3 Å². The van der Waals surface area contributed by atoms with Crippen LogP contribution in [-0.4, -0.2) is 38.0 Å². The number of fused-ring (bicyclic) bond motifs is 1. The maximum absolute atomic E-state index is 12.7. The Hall–Kier alpha value is -3.01. The standard InChI is InChI=1S/C20H26N6O3S/c1-11-12(2)30-17(25-19(28)20(3,4)5)13(11)18(27)29-8-6-7-26-10-24-14-15(21)22-9-23-16(14)26/h9-10H,6-8H2,1-5H3,(H,25,28)(H2,21,22,23). The zero-order valence-electron chi connectivity index (χ0n) is 17.8. The summed E-state index contributed by atoms with van der Waals surface area (Å²) < 4.78 is 7.33. The number of anilines is 2. The number of aryl methyl sites for hydroxylation is 2. The second kappa shape index (κ2) is 8.39. The fourth-order valence-electron chi connectivity index (χ4n) is 2.79. The van der Waals surface area contributed by atoms with E-state index in [0.29, 0.717) is 40.5 Å². The van der Waals surface area contributed by atoms with Crippen molar-refractivity contribution in [3.8, 4) is 0 Å². The number of carbonyl (C=O) groups is 2. The Morgan fingerprint density at radius 3 is 2.67 bits per heavy atom. The van der Waals surface area contributed by atoms with Gasteiger partial charge in [0.05, 0.1) is 18.5 Å². The molecule has 0 saturated carbocycles. The van der Waals surface area contributed by atoms with Gasteiger partial charge in [-0.3, -0.25) is 4.79 Å². The van der Waals surface area contributed by atoms with Crippen molar-refractivity contribution in [2.45, 2.75) is 47.6 Å². The Morgan fingerprint density at radius 2 is 1.97 bits per heavy atom. The van der Waals surface area contributed by atoms with Crippen LogP contribution in [0.25, 0.3) is 11.2 Å². The fourth-order valence-corrected chi connectivity index (χ4v) is 3.83. The van der Waals surface area contributed by atoms with Crippen molar-refractivity contribution in [2.75, 3.05) is 17.7 Å². The summed E-state index contributed by atoms with van der Waals surface area (Å²) in [5.41, 5.74) is 7.67. The van der Waals surface area contributed by atoms with Gasteiger partial charge in [-0.05, 0) is 25.8 Å². The molecule has 0 bridgehead atoms. The Bertz CT molecular complexity index is 1100. The average molecular weight is 431 g/mol. The number of esters is 1. The van der Waals surface area contributed by atoms with Gasteiger partial charge in [0.1, 0.15) is 16.8 Å². The number of aromatic nitrogens is 4. The number of hydrogen-bond donors (Lipinski definition) is 2. The van der Waals surface area contributed by atoms with Crippen LogP contribution in [0, 0.1) is 19.3 Å². The van der Waals surface area contributed by atoms with Crippen LogP contribution < -0.4 is 11.1 Å². The molecule has 0 aromatic carbocycles. The van der Waals surface area contributed by atoms with E-state index >= 15 is 0 Å². The second-order valence-electron chi connectivity index (χ2n) is 8.05. The topological polar surface area (TPSA) is 125 Å². The molecular weight excluding hydrogens is 404 g/mol. The second-order valence-corrected chi connectivity index (χ2v) is 9.27. The highest BCUT2D eigenvalue weighted by Crippen LogP contribution is 2.34. The maximum Gasteiger partial charge on any atom is 0.341 e. The van der Waals surface area contributed by atoms with E-state index in [9.17, 15) is 9.59 Å². The summed E-state index contributed by atoms with van der Waals surface area (Å²) in [7, 11) is 0. The molecular formula is C20H26N6O3S. The highest BCUT2D eigenvalue weighted by Gasteiger charge is 2.26. The molecule has 1 amide bonds. The van der Waals surface area contributed by atoms with Crippen molar-refractivity contribution in [1.82, 2.24) is 19.5 Å². The van der Waals surface area contributed by atoms with Gasteiger partial charge in [0.2, 0.25) is 5.91 Å². The summed E-state index contributed by atoms with van der Waals surface area (Å²) in [6.07, 6.45) is 3.61. The first-order valence-corrected chi connectivity index (χ1v) is 10.4. The fraction of sp³-hybridized carbons (Fsp3) is 0.450. The van der Waals surface area contributed by atoms with E-state index in [1.54, 1.807) is 6.33 Å². The predicted octanol–water partition coefficient (Wildman–Crippen LogP) is 3.32. The van der Waals surface area contributed by atoms with Crippen LogP contribution in [0.5, 0.6) is 0 Å². The SMILES string of the molecule is Cc1sc(NC(=O)C(C)(C)C)c(C(=O)OCCCn2cnc3c(N)ncnc32)c1C. The van der Waals surface area contributed by atoms with Crippen molar-refractivity contribution in [3.63, 3.8) is 0 Å². The molecule has 3 rings (SSSR count). The van der Waals surface area contributed by atoms with Crippen LogP contribution in [0.4, 0.5) is 10.8 Å². The van der Waals surface area contributed by atoms with Crippen molar-refractivity contribution in [1.29, 1.82) is 0 Å². The molecule has 0 spiro atoms. The number of nitrogens with two attached hydrogens (primary N) is 1. The summed E-state index contributed by atoms with van der Waals surface area (Å²) in [6, 6.07) is 0. The Morgan fingerprint density at radius 1 is 1.23 bits per heavy atom. The van der Waals surface area contributed by atoms with E-state index in [2.05, 4.69) is 20.3 Å². The molecule has 30 heavy (non-hydrogen) atoms. The van der Waals surface area contributed by atoms with Crippen LogP contribution >= 0.6 is 11.3 Å². The number of imidazole rings is 1. The van der Waals surface area contributed by atoms with Gasteiger partial charge in [-0.2, -0.15) is 0 Å². The Balaban J connectivity index is 1.63. The minimum absolute atomic E-state index is 0.147. The quantitative estimate of drug-likeness (QED) is 0.454. The first kappa shape index (κ1) is 21.7. The molecule has 3 aromatic rings. The molecule has 0 saturated heterocycles. The highest BCUT2D eigenvalue weighted by molar-refractivity contribution is 7.16. The van der Waals surface area contributed by atoms with Crippen LogP contribution in [0.3, 0.4) is 0 Å². The minimum atomic E-state index is -0.562. The lowest BCUT2D eigenvalue weighted by Crippen LogP contribution is -2.28. The number of amides is 1. The molecule has 3 aromatic heterocycles. The minimum Gasteiger partial charge on any atom is -0.462 e. The molecule has 160 valence electrons. The summed E-state index contributed by atoms with van der Waals surface area (Å²) in [6.45, 7) is 10.0. The highest BCUT2D eigenvalue weighted by atomic mass is 32.1. The van der Waals surface area contributed by atoms with Crippen molar-refractivity contribution >= 4 is 45.2 Å². The van der Waals surface area contributed by atoms with E-state index in [4.69, 9.17) is 10.5 Å². The van der Waals surface area contributed by atoms with Gasteiger partial charge in [-0.1, -0.05) is 20.8 Å². The maximum atomic E-state index is 12.7. The van der Waals surface area contributed by atoms with Crippen molar-refractivity contribution in [3.05, 3.63) is 28.7 Å². The number of hydrogen-bond acceptors (Lipinski definition) is 8. The monoisotopic (exact) mass is 430 g/mol. The zero-order chi connectivity index (χ0) is 22.1. The number of rotatable bonds is 6. The molecule has 9 nitrogen and oxygen atoms in total. The van der Waals surface area contributed by atoms with Gasteiger partial charge >= 0.3 is 5.97 Å². The van der Waals surface area contributed by atoms with Crippen LogP contribution in [-0.2, 0) is 16.1 Å². The van der Waals surface area contributed by atoms with Crippen LogP contribution in [0.2, 0.25) is 0 Å². The molecule has 0 aliphatic heterocycles. The summed E-state index contributed by atoms with van der Waals surface area (Å²) in [5, 5.41) is 3.40. The van der Waals surface area contributed by atoms with Gasteiger partial charge in [0.15, 0.2) is 11.5 Å². The van der Waals surface area contributed by atoms with Gasteiger partial charge in [-0.15, -0.1) is 11.3 Å². The zero-order valence-corrected chi connectivity index (χ0v) is 18.6. The molecule has 3 heterocycles. The third kappa shape index (κ3) is 4.43. The molecule has 0 fully saturated rings. The number of carbonyl (C=O) groups excluding carboxylic acids is 2. The lowest BCUT2D eigenvalue weighted by atomic mass is 9.96. The molecule has 0 radical (unpaired) electrons. The van der Waals surface area contributed by atoms with Crippen LogP contribution in [0.15, 0.2) is 12.7 Å².